The Bertz CT molecular complexity index is 870. The Balaban J connectivity index is 1.72. The van der Waals surface area contributed by atoms with Crippen LogP contribution < -0.4 is 10.6 Å². The summed E-state index contributed by atoms with van der Waals surface area (Å²) in [6.45, 7) is 2.89. The Labute approximate surface area is 184 Å². The molecule has 1 heterocycles. The van der Waals surface area contributed by atoms with Gasteiger partial charge in [0, 0.05) is 19.5 Å². The Morgan fingerprint density at radius 3 is 2.26 bits per heavy atom. The largest absolute Gasteiger partial charge is 0.354 e. The topological polar surface area (TPSA) is 78.5 Å². The lowest BCUT2D eigenvalue weighted by atomic mass is 9.99. The minimum absolute atomic E-state index is 0.202. The Hall–Kier alpha value is -3.15. The Morgan fingerprint density at radius 1 is 0.968 bits per heavy atom. The fraction of sp³-hybridized carbons (Fsp3) is 0.400. The smallest absolute Gasteiger partial charge is 0.253 e. The van der Waals surface area contributed by atoms with Crippen molar-refractivity contribution in [3.63, 3.8) is 0 Å². The summed E-state index contributed by atoms with van der Waals surface area (Å²) < 4.78 is 0. The highest BCUT2D eigenvalue weighted by Gasteiger charge is 2.43. The number of amides is 3. The van der Waals surface area contributed by atoms with Crippen molar-refractivity contribution in [1.82, 2.24) is 15.5 Å². The number of benzene rings is 2. The van der Waals surface area contributed by atoms with Crippen molar-refractivity contribution in [2.75, 3.05) is 13.1 Å². The zero-order valence-electron chi connectivity index (χ0n) is 18.0. The molecule has 0 saturated carbocycles. The van der Waals surface area contributed by atoms with Crippen LogP contribution in [0.4, 0.5) is 0 Å². The summed E-state index contributed by atoms with van der Waals surface area (Å²) in [4.78, 5) is 40.4. The van der Waals surface area contributed by atoms with Crippen LogP contribution in [-0.2, 0) is 27.2 Å². The Kier molecular flexibility index (Phi) is 8.21. The van der Waals surface area contributed by atoms with Crippen molar-refractivity contribution >= 4 is 17.7 Å². The first kappa shape index (κ1) is 22.5. The van der Waals surface area contributed by atoms with Crippen LogP contribution in [0.3, 0.4) is 0 Å². The molecular formula is C25H31N3O3. The van der Waals surface area contributed by atoms with E-state index < -0.39 is 23.9 Å². The van der Waals surface area contributed by atoms with E-state index in [1.807, 2.05) is 67.6 Å². The van der Waals surface area contributed by atoms with E-state index in [1.54, 1.807) is 0 Å². The molecule has 0 spiro atoms. The minimum Gasteiger partial charge on any atom is -0.354 e. The van der Waals surface area contributed by atoms with Crippen LogP contribution in [0.25, 0.3) is 0 Å². The summed E-state index contributed by atoms with van der Waals surface area (Å²) >= 11 is 0. The van der Waals surface area contributed by atoms with E-state index in [0.29, 0.717) is 25.9 Å². The van der Waals surface area contributed by atoms with E-state index in [4.69, 9.17) is 0 Å². The predicted molar refractivity (Wildman–Crippen MR) is 120 cm³/mol. The molecule has 2 aromatic carbocycles. The Morgan fingerprint density at radius 2 is 1.61 bits per heavy atom. The van der Waals surface area contributed by atoms with Gasteiger partial charge in [-0.2, -0.15) is 0 Å². The first-order chi connectivity index (χ1) is 15.1. The molecule has 2 atom stereocenters. The van der Waals surface area contributed by atoms with Crippen molar-refractivity contribution in [2.24, 2.45) is 0 Å². The van der Waals surface area contributed by atoms with E-state index in [-0.39, 0.29) is 5.91 Å². The molecule has 1 aliphatic rings. The summed E-state index contributed by atoms with van der Waals surface area (Å²) in [5, 5.41) is 5.60. The lowest BCUT2D eigenvalue weighted by molar-refractivity contribution is -0.154. The molecule has 0 radical (unpaired) electrons. The molecule has 1 saturated heterocycles. The standard InChI is InChI=1S/C25H31N3O3/c1-2-3-16-26-23(29)22-24(30)27-21(18-20-13-8-5-9-14-20)25(31)28(22)17-10-15-19-11-6-4-7-12-19/h4-9,11-14,21-22H,2-3,10,15-18H2,1H3,(H,26,29)(H,27,30). The fourth-order valence-electron chi connectivity index (χ4n) is 3.85. The maximum absolute atomic E-state index is 13.3. The summed E-state index contributed by atoms with van der Waals surface area (Å²) in [5.74, 6) is -1.02. The van der Waals surface area contributed by atoms with E-state index in [0.717, 1.165) is 24.8 Å². The number of hydrogen-bond acceptors (Lipinski definition) is 3. The van der Waals surface area contributed by atoms with E-state index >= 15 is 0 Å². The van der Waals surface area contributed by atoms with Crippen LogP contribution in [0.5, 0.6) is 0 Å². The van der Waals surface area contributed by atoms with Crippen LogP contribution in [0.2, 0.25) is 0 Å². The summed E-state index contributed by atoms with van der Waals surface area (Å²) in [7, 11) is 0. The first-order valence-electron chi connectivity index (χ1n) is 11.1. The molecule has 2 unspecified atom stereocenters. The second kappa shape index (κ2) is 11.3. The van der Waals surface area contributed by atoms with Crippen molar-refractivity contribution in [3.05, 3.63) is 71.8 Å². The number of nitrogens with zero attached hydrogens (tertiary/aromatic N) is 1. The van der Waals surface area contributed by atoms with E-state index in [9.17, 15) is 14.4 Å². The van der Waals surface area contributed by atoms with Crippen LogP contribution in [-0.4, -0.2) is 47.8 Å². The molecule has 0 aliphatic carbocycles. The van der Waals surface area contributed by atoms with Gasteiger partial charge in [0.1, 0.15) is 6.04 Å². The number of unbranched alkanes of at least 4 members (excludes halogenated alkanes) is 1. The molecule has 164 valence electrons. The predicted octanol–water partition coefficient (Wildman–Crippen LogP) is 2.47. The van der Waals surface area contributed by atoms with Crippen LogP contribution in [0.1, 0.15) is 37.3 Å². The quantitative estimate of drug-likeness (QED) is 0.457. The van der Waals surface area contributed by atoms with Crippen molar-refractivity contribution in [2.45, 2.75) is 51.1 Å². The van der Waals surface area contributed by atoms with Crippen molar-refractivity contribution in [1.29, 1.82) is 0 Å². The highest BCUT2D eigenvalue weighted by molar-refractivity contribution is 6.10. The van der Waals surface area contributed by atoms with Gasteiger partial charge in [-0.25, -0.2) is 0 Å². The average Bonchev–Trinajstić information content (AvgIpc) is 2.78. The van der Waals surface area contributed by atoms with Crippen molar-refractivity contribution in [3.8, 4) is 0 Å². The molecule has 1 fully saturated rings. The van der Waals surface area contributed by atoms with Crippen LogP contribution in [0.15, 0.2) is 60.7 Å². The maximum atomic E-state index is 13.3. The summed E-state index contributed by atoms with van der Waals surface area (Å²) in [6, 6.07) is 17.8. The third kappa shape index (κ3) is 6.17. The van der Waals surface area contributed by atoms with Crippen LogP contribution in [0, 0.1) is 0 Å². The monoisotopic (exact) mass is 421 g/mol. The van der Waals surface area contributed by atoms with Gasteiger partial charge in [0.25, 0.3) is 11.8 Å². The van der Waals surface area contributed by atoms with Gasteiger partial charge < -0.3 is 15.5 Å². The molecule has 6 nitrogen and oxygen atoms in total. The third-order valence-electron chi connectivity index (χ3n) is 5.53. The highest BCUT2D eigenvalue weighted by Crippen LogP contribution is 2.16. The van der Waals surface area contributed by atoms with Gasteiger partial charge in [0.2, 0.25) is 5.91 Å². The molecule has 0 bridgehead atoms. The molecule has 2 N–H and O–H groups in total. The number of carbonyl (C=O) groups is 3. The molecular weight excluding hydrogens is 390 g/mol. The summed E-state index contributed by atoms with van der Waals surface area (Å²) in [6.07, 6.45) is 3.64. The molecule has 3 amide bonds. The minimum atomic E-state index is -1.12. The van der Waals surface area contributed by atoms with Gasteiger partial charge in [-0.15, -0.1) is 0 Å². The SMILES string of the molecule is CCCCNC(=O)C1C(=O)NC(Cc2ccccc2)C(=O)N1CCCc1ccccc1. The van der Waals surface area contributed by atoms with Gasteiger partial charge in [-0.05, 0) is 30.4 Å². The maximum Gasteiger partial charge on any atom is 0.253 e. The normalized spacial score (nSPS) is 18.5. The van der Waals surface area contributed by atoms with Gasteiger partial charge >= 0.3 is 0 Å². The average molecular weight is 422 g/mol. The highest BCUT2D eigenvalue weighted by atomic mass is 16.2. The molecule has 2 aromatic rings. The number of aryl methyl sites for hydroxylation is 1. The molecule has 31 heavy (non-hydrogen) atoms. The second-order valence-electron chi connectivity index (χ2n) is 7.92. The first-order valence-corrected chi connectivity index (χ1v) is 11.1. The van der Waals surface area contributed by atoms with E-state index in [2.05, 4.69) is 10.6 Å². The van der Waals surface area contributed by atoms with Gasteiger partial charge in [-0.3, -0.25) is 14.4 Å². The second-order valence-corrected chi connectivity index (χ2v) is 7.92. The number of carbonyl (C=O) groups excluding carboxylic acids is 3. The number of piperazine rings is 1. The lowest BCUT2D eigenvalue weighted by Crippen LogP contribution is -2.67. The molecule has 1 aliphatic heterocycles. The molecule has 3 rings (SSSR count). The third-order valence-corrected chi connectivity index (χ3v) is 5.53. The number of hydrogen-bond donors (Lipinski definition) is 2. The fourth-order valence-corrected chi connectivity index (χ4v) is 3.85. The zero-order valence-corrected chi connectivity index (χ0v) is 18.0. The van der Waals surface area contributed by atoms with Gasteiger partial charge in [-0.1, -0.05) is 74.0 Å². The molecule has 6 heteroatoms. The number of rotatable bonds is 10. The zero-order chi connectivity index (χ0) is 22.1. The van der Waals surface area contributed by atoms with Gasteiger partial charge in [0.05, 0.1) is 0 Å². The van der Waals surface area contributed by atoms with Gasteiger partial charge in [0.15, 0.2) is 6.04 Å². The molecule has 0 aromatic heterocycles. The van der Waals surface area contributed by atoms with Crippen LogP contribution >= 0.6 is 0 Å². The summed E-state index contributed by atoms with van der Waals surface area (Å²) in [5.41, 5.74) is 2.14. The van der Waals surface area contributed by atoms with Crippen molar-refractivity contribution < 1.29 is 14.4 Å². The van der Waals surface area contributed by atoms with E-state index in [1.165, 1.54) is 10.5 Å². The number of nitrogens with one attached hydrogen (secondary N) is 2. The lowest BCUT2D eigenvalue weighted by Gasteiger charge is -2.38.